The van der Waals surface area contributed by atoms with Crippen LogP contribution < -0.4 is 10.1 Å². The third-order valence-corrected chi connectivity index (χ3v) is 4.10. The molecule has 26 heavy (non-hydrogen) atoms. The third-order valence-electron chi connectivity index (χ3n) is 4.10. The fraction of sp³-hybridized carbons (Fsp3) is 0.222. The molecular formula is C18H18N6O2. The zero-order chi connectivity index (χ0) is 18.1. The molecule has 0 aliphatic heterocycles. The molecule has 0 atom stereocenters. The van der Waals surface area contributed by atoms with Crippen molar-refractivity contribution < 1.29 is 9.53 Å². The summed E-state index contributed by atoms with van der Waals surface area (Å²) in [6.07, 6.45) is 7.83. The van der Waals surface area contributed by atoms with Crippen LogP contribution in [-0.4, -0.2) is 37.4 Å². The summed E-state index contributed by atoms with van der Waals surface area (Å²) in [7, 11) is 1.57. The van der Waals surface area contributed by atoms with Gasteiger partial charge < -0.3 is 10.1 Å². The number of carbonyl (C=O) groups is 1. The van der Waals surface area contributed by atoms with Crippen molar-refractivity contribution in [3.05, 3.63) is 48.5 Å². The minimum atomic E-state index is -0.294. The lowest BCUT2D eigenvalue weighted by molar-refractivity contribution is 0.102. The molecule has 1 amide bonds. The van der Waals surface area contributed by atoms with Crippen LogP contribution in [0.25, 0.3) is 16.6 Å². The molecule has 0 unspecified atom stereocenters. The van der Waals surface area contributed by atoms with Crippen molar-refractivity contribution in [1.29, 1.82) is 0 Å². The van der Waals surface area contributed by atoms with Gasteiger partial charge in [-0.3, -0.25) is 9.48 Å². The molecule has 0 aliphatic rings. The van der Waals surface area contributed by atoms with Gasteiger partial charge >= 0.3 is 0 Å². The summed E-state index contributed by atoms with van der Waals surface area (Å²) >= 11 is 0. The van der Waals surface area contributed by atoms with Crippen molar-refractivity contribution in [2.24, 2.45) is 0 Å². The Bertz CT molecular complexity index is 1100. The van der Waals surface area contributed by atoms with E-state index in [0.717, 1.165) is 23.9 Å². The fourth-order valence-corrected chi connectivity index (χ4v) is 2.89. The predicted octanol–water partition coefficient (Wildman–Crippen LogP) is 2.75. The molecule has 4 rings (SSSR count). The number of fused-ring (bicyclic) bond motifs is 2. The zero-order valence-electron chi connectivity index (χ0n) is 14.5. The van der Waals surface area contributed by atoms with Gasteiger partial charge in [0.25, 0.3) is 5.91 Å². The van der Waals surface area contributed by atoms with E-state index >= 15 is 0 Å². The van der Waals surface area contributed by atoms with Crippen LogP contribution in [0.1, 0.15) is 23.7 Å². The van der Waals surface area contributed by atoms with Crippen LogP contribution in [0.15, 0.2) is 43.0 Å². The van der Waals surface area contributed by atoms with E-state index in [0.29, 0.717) is 22.6 Å². The molecule has 0 spiro atoms. The van der Waals surface area contributed by atoms with Crippen molar-refractivity contribution >= 4 is 28.1 Å². The summed E-state index contributed by atoms with van der Waals surface area (Å²) < 4.78 is 8.88. The number of benzene rings is 1. The molecule has 3 aromatic heterocycles. The lowest BCUT2D eigenvalue weighted by atomic mass is 10.2. The number of amides is 1. The van der Waals surface area contributed by atoms with Gasteiger partial charge in [0.05, 0.1) is 24.5 Å². The van der Waals surface area contributed by atoms with Crippen LogP contribution in [0, 0.1) is 0 Å². The number of rotatable bonds is 5. The van der Waals surface area contributed by atoms with Crippen LogP contribution in [-0.2, 0) is 6.54 Å². The highest BCUT2D eigenvalue weighted by Crippen LogP contribution is 2.30. The first-order chi connectivity index (χ1) is 12.7. The SMILES string of the molecule is CCCn1cc2cc(NC(=O)c3cnn4cccnc34)c(OC)cc2n1. The van der Waals surface area contributed by atoms with E-state index in [1.807, 2.05) is 23.0 Å². The van der Waals surface area contributed by atoms with Crippen molar-refractivity contribution in [2.45, 2.75) is 19.9 Å². The average molecular weight is 350 g/mol. The maximum absolute atomic E-state index is 12.7. The first-order valence-corrected chi connectivity index (χ1v) is 8.34. The summed E-state index contributed by atoms with van der Waals surface area (Å²) in [6, 6.07) is 5.45. The van der Waals surface area contributed by atoms with Gasteiger partial charge in [-0.15, -0.1) is 0 Å². The fourth-order valence-electron chi connectivity index (χ4n) is 2.89. The van der Waals surface area contributed by atoms with E-state index in [1.54, 1.807) is 30.1 Å². The van der Waals surface area contributed by atoms with Gasteiger partial charge in [-0.05, 0) is 18.6 Å². The Morgan fingerprint density at radius 1 is 1.35 bits per heavy atom. The first kappa shape index (κ1) is 16.1. The van der Waals surface area contributed by atoms with E-state index in [9.17, 15) is 4.79 Å². The van der Waals surface area contributed by atoms with E-state index < -0.39 is 0 Å². The Balaban J connectivity index is 1.70. The van der Waals surface area contributed by atoms with Crippen molar-refractivity contribution in [3.63, 3.8) is 0 Å². The first-order valence-electron chi connectivity index (χ1n) is 8.34. The quantitative estimate of drug-likeness (QED) is 0.598. The second kappa shape index (κ2) is 6.47. The van der Waals surface area contributed by atoms with E-state index in [2.05, 4.69) is 27.4 Å². The monoisotopic (exact) mass is 350 g/mol. The van der Waals surface area contributed by atoms with E-state index in [4.69, 9.17) is 4.74 Å². The molecule has 0 bridgehead atoms. The molecule has 0 radical (unpaired) electrons. The third kappa shape index (κ3) is 2.75. The van der Waals surface area contributed by atoms with Crippen LogP contribution >= 0.6 is 0 Å². The topological polar surface area (TPSA) is 86.3 Å². The largest absolute Gasteiger partial charge is 0.494 e. The molecule has 8 nitrogen and oxygen atoms in total. The molecule has 1 N–H and O–H groups in total. The number of nitrogens with one attached hydrogen (secondary N) is 1. The highest BCUT2D eigenvalue weighted by atomic mass is 16.5. The second-order valence-electron chi connectivity index (χ2n) is 5.90. The highest BCUT2D eigenvalue weighted by Gasteiger charge is 2.17. The number of hydrogen-bond acceptors (Lipinski definition) is 5. The number of aryl methyl sites for hydroxylation is 1. The maximum Gasteiger partial charge on any atom is 0.261 e. The normalized spacial score (nSPS) is 11.2. The Morgan fingerprint density at radius 2 is 2.23 bits per heavy atom. The summed E-state index contributed by atoms with van der Waals surface area (Å²) in [5.41, 5.74) is 2.30. The maximum atomic E-state index is 12.7. The minimum Gasteiger partial charge on any atom is -0.494 e. The lowest BCUT2D eigenvalue weighted by Gasteiger charge is -2.09. The molecule has 8 heteroatoms. The molecule has 0 fully saturated rings. The molecular weight excluding hydrogens is 332 g/mol. The molecule has 4 aromatic rings. The average Bonchev–Trinajstić information content (AvgIpc) is 3.24. The van der Waals surface area contributed by atoms with Crippen molar-refractivity contribution in [3.8, 4) is 5.75 Å². The van der Waals surface area contributed by atoms with Gasteiger partial charge in [0.15, 0.2) is 5.65 Å². The molecule has 132 valence electrons. The number of carbonyl (C=O) groups excluding carboxylic acids is 1. The molecule has 3 heterocycles. The smallest absolute Gasteiger partial charge is 0.261 e. The lowest BCUT2D eigenvalue weighted by Crippen LogP contribution is -2.12. The molecule has 0 saturated carbocycles. The second-order valence-corrected chi connectivity index (χ2v) is 5.90. The molecule has 0 aliphatic carbocycles. The predicted molar refractivity (Wildman–Crippen MR) is 97.5 cm³/mol. The van der Waals surface area contributed by atoms with Gasteiger partial charge in [0.2, 0.25) is 0 Å². The van der Waals surface area contributed by atoms with Crippen LogP contribution in [0.3, 0.4) is 0 Å². The van der Waals surface area contributed by atoms with E-state index in [1.165, 1.54) is 6.20 Å². The number of nitrogens with zero attached hydrogens (tertiary/aromatic N) is 5. The summed E-state index contributed by atoms with van der Waals surface area (Å²) in [6.45, 7) is 2.94. The van der Waals surface area contributed by atoms with Gasteiger partial charge in [-0.2, -0.15) is 10.2 Å². The highest BCUT2D eigenvalue weighted by molar-refractivity contribution is 6.09. The standard InChI is InChI=1S/C18H18N6O2/c1-3-6-23-11-12-8-15(16(26-2)9-14(12)22-23)21-18(25)13-10-20-24-7-4-5-19-17(13)24/h4-5,7-11H,3,6H2,1-2H3,(H,21,25). The number of methoxy groups -OCH3 is 1. The van der Waals surface area contributed by atoms with Crippen LogP contribution in [0.2, 0.25) is 0 Å². The van der Waals surface area contributed by atoms with Crippen molar-refractivity contribution in [2.75, 3.05) is 12.4 Å². The Kier molecular flexibility index (Phi) is 4.00. The Hall–Kier alpha value is -3.42. The number of aromatic nitrogens is 5. The van der Waals surface area contributed by atoms with Crippen LogP contribution in [0.4, 0.5) is 5.69 Å². The van der Waals surface area contributed by atoms with Gasteiger partial charge in [0.1, 0.15) is 11.3 Å². The van der Waals surface area contributed by atoms with Gasteiger partial charge in [-0.1, -0.05) is 6.92 Å². The van der Waals surface area contributed by atoms with Crippen LogP contribution in [0.5, 0.6) is 5.75 Å². The zero-order valence-corrected chi connectivity index (χ0v) is 14.5. The summed E-state index contributed by atoms with van der Waals surface area (Å²) in [4.78, 5) is 16.9. The number of hydrogen-bond donors (Lipinski definition) is 1. The van der Waals surface area contributed by atoms with E-state index in [-0.39, 0.29) is 5.91 Å². The molecule has 1 aromatic carbocycles. The number of anilines is 1. The van der Waals surface area contributed by atoms with Gasteiger partial charge in [0, 0.05) is 36.6 Å². The molecule has 0 saturated heterocycles. The Labute approximate surface area is 149 Å². The summed E-state index contributed by atoms with van der Waals surface area (Å²) in [5.74, 6) is 0.259. The summed E-state index contributed by atoms with van der Waals surface area (Å²) in [5, 5.41) is 12.5. The minimum absolute atomic E-state index is 0.294. The Morgan fingerprint density at radius 3 is 3.04 bits per heavy atom. The van der Waals surface area contributed by atoms with Crippen molar-refractivity contribution in [1.82, 2.24) is 24.4 Å². The number of ether oxygens (including phenoxy) is 1. The van der Waals surface area contributed by atoms with Gasteiger partial charge in [-0.25, -0.2) is 9.50 Å².